The Kier molecular flexibility index (Phi) is 14.4. The monoisotopic (exact) mass is 831 g/mol. The Morgan fingerprint density at radius 2 is 1.03 bits per heavy atom. The fourth-order valence-electron chi connectivity index (χ4n) is 7.35. The largest absolute Gasteiger partial charge is 0.460 e. The topological polar surface area (TPSA) is 124 Å². The number of amides is 2. The summed E-state index contributed by atoms with van der Waals surface area (Å²) in [5.74, 6) is -2.99. The standard InChI is InChI=1S/C45H64F3N3O8/c1-41(2,3)56-37(52)35(30-16-18-50(26-30)39(54)58-43(7,8)9)23-28-14-13-15-33(21-28)49-34-22-29(20-32(25-34)45(46,47)48)24-36(38(53)57-42(4,5)6)31-17-19-51(27-31)40(55)59-44(10,11)12/h13-15,20-22,25,30-31,35-36,49H,16-19,23-24,26-27H2,1-12H3/t30-,31-,35-,36-/m0/s1. The highest BCUT2D eigenvalue weighted by Gasteiger charge is 2.41. The summed E-state index contributed by atoms with van der Waals surface area (Å²) in [4.78, 5) is 56.3. The van der Waals surface area contributed by atoms with Gasteiger partial charge in [0.15, 0.2) is 0 Å². The smallest absolute Gasteiger partial charge is 0.416 e. The number of halogens is 3. The molecule has 2 heterocycles. The number of likely N-dealkylation sites (tertiary alicyclic amines) is 2. The van der Waals surface area contributed by atoms with Crippen LogP contribution in [0.3, 0.4) is 0 Å². The van der Waals surface area contributed by atoms with Gasteiger partial charge >= 0.3 is 30.3 Å². The maximum atomic E-state index is 14.4. The lowest BCUT2D eigenvalue weighted by molar-refractivity contribution is -0.163. The maximum Gasteiger partial charge on any atom is 0.416 e. The first-order valence-electron chi connectivity index (χ1n) is 20.4. The highest BCUT2D eigenvalue weighted by Crippen LogP contribution is 2.37. The number of ether oxygens (including phenoxy) is 4. The highest BCUT2D eigenvalue weighted by molar-refractivity contribution is 5.76. The van der Waals surface area contributed by atoms with Crippen LogP contribution in [0.5, 0.6) is 0 Å². The lowest BCUT2D eigenvalue weighted by atomic mass is 9.85. The number of nitrogens with zero attached hydrogens (tertiary/aromatic N) is 2. The van der Waals surface area contributed by atoms with Gasteiger partial charge in [0, 0.05) is 37.6 Å². The van der Waals surface area contributed by atoms with Crippen LogP contribution >= 0.6 is 0 Å². The van der Waals surface area contributed by atoms with E-state index >= 15 is 0 Å². The molecule has 2 amide bonds. The van der Waals surface area contributed by atoms with E-state index < -0.39 is 70.1 Å². The van der Waals surface area contributed by atoms with E-state index in [-0.39, 0.29) is 42.5 Å². The van der Waals surface area contributed by atoms with Gasteiger partial charge in [-0.1, -0.05) is 12.1 Å². The molecule has 14 heteroatoms. The predicted octanol–water partition coefficient (Wildman–Crippen LogP) is 9.96. The fraction of sp³-hybridized carbons (Fsp3) is 0.644. The minimum Gasteiger partial charge on any atom is -0.460 e. The molecule has 0 spiro atoms. The fourth-order valence-corrected chi connectivity index (χ4v) is 7.35. The average Bonchev–Trinajstić information content (AvgIpc) is 3.74. The molecule has 2 fully saturated rings. The SMILES string of the molecule is CC(C)(C)OC(=O)[C@@H](Cc1cccc(Nc2cc(C[C@H](C(=O)OC(C)(C)C)[C@H]3CCN(C(=O)OC(C)(C)C)C3)cc(C(F)(F)F)c2)c1)[C@H]1CCN(C(=O)OC(C)(C)C)C1. The highest BCUT2D eigenvalue weighted by atomic mass is 19.4. The molecule has 2 saturated heterocycles. The van der Waals surface area contributed by atoms with E-state index in [9.17, 15) is 32.3 Å². The molecule has 0 aromatic heterocycles. The minimum atomic E-state index is -4.69. The molecule has 59 heavy (non-hydrogen) atoms. The molecule has 4 atom stereocenters. The van der Waals surface area contributed by atoms with Gasteiger partial charge in [-0.3, -0.25) is 9.59 Å². The molecule has 2 aliphatic rings. The first-order chi connectivity index (χ1) is 26.9. The number of rotatable bonds is 10. The number of esters is 2. The van der Waals surface area contributed by atoms with Crippen LogP contribution in [0.4, 0.5) is 34.1 Å². The van der Waals surface area contributed by atoms with Gasteiger partial charge in [-0.2, -0.15) is 13.2 Å². The molecule has 11 nitrogen and oxygen atoms in total. The zero-order chi connectivity index (χ0) is 44.3. The van der Waals surface area contributed by atoms with Crippen LogP contribution in [0.15, 0.2) is 42.5 Å². The number of carbonyl (C=O) groups is 4. The number of benzene rings is 2. The molecule has 2 aliphatic heterocycles. The van der Waals surface area contributed by atoms with Crippen molar-refractivity contribution in [1.82, 2.24) is 9.80 Å². The normalized spacial score (nSPS) is 18.9. The molecule has 0 bridgehead atoms. The molecule has 4 rings (SSSR count). The van der Waals surface area contributed by atoms with Crippen molar-refractivity contribution in [1.29, 1.82) is 0 Å². The number of alkyl halides is 3. The zero-order valence-electron chi connectivity index (χ0n) is 36.8. The Labute approximate surface area is 347 Å². The zero-order valence-corrected chi connectivity index (χ0v) is 36.8. The van der Waals surface area contributed by atoms with Crippen LogP contribution in [0.2, 0.25) is 0 Å². The average molecular weight is 832 g/mol. The number of hydrogen-bond donors (Lipinski definition) is 1. The van der Waals surface area contributed by atoms with Crippen molar-refractivity contribution in [2.75, 3.05) is 31.5 Å². The van der Waals surface area contributed by atoms with Crippen molar-refractivity contribution in [2.45, 2.75) is 137 Å². The Hall–Kier alpha value is -4.49. The van der Waals surface area contributed by atoms with E-state index in [4.69, 9.17) is 18.9 Å². The van der Waals surface area contributed by atoms with E-state index in [0.717, 1.165) is 17.7 Å². The van der Waals surface area contributed by atoms with E-state index in [2.05, 4.69) is 5.32 Å². The van der Waals surface area contributed by atoms with Crippen LogP contribution < -0.4 is 5.32 Å². The van der Waals surface area contributed by atoms with Gasteiger partial charge in [-0.05, 0) is 162 Å². The van der Waals surface area contributed by atoms with Crippen LogP contribution in [0.1, 0.15) is 113 Å². The van der Waals surface area contributed by atoms with Crippen molar-refractivity contribution < 1.29 is 51.3 Å². The molecule has 2 aromatic rings. The van der Waals surface area contributed by atoms with Gasteiger partial charge in [-0.15, -0.1) is 0 Å². The summed E-state index contributed by atoms with van der Waals surface area (Å²) in [7, 11) is 0. The predicted molar refractivity (Wildman–Crippen MR) is 219 cm³/mol. The summed E-state index contributed by atoms with van der Waals surface area (Å²) in [6.07, 6.45) is -4.42. The lowest BCUT2D eigenvalue weighted by Gasteiger charge is -2.28. The third-order valence-electron chi connectivity index (χ3n) is 9.76. The molecular formula is C45H64F3N3O8. The second-order valence-electron chi connectivity index (χ2n) is 19.9. The van der Waals surface area contributed by atoms with E-state index in [1.165, 1.54) is 4.90 Å². The van der Waals surface area contributed by atoms with Crippen molar-refractivity contribution in [3.8, 4) is 0 Å². The molecule has 2 aromatic carbocycles. The molecule has 0 aliphatic carbocycles. The molecule has 328 valence electrons. The van der Waals surface area contributed by atoms with Gasteiger partial charge in [0.1, 0.15) is 22.4 Å². The van der Waals surface area contributed by atoms with Crippen molar-refractivity contribution in [2.24, 2.45) is 23.7 Å². The second-order valence-corrected chi connectivity index (χ2v) is 19.9. The van der Waals surface area contributed by atoms with Gasteiger partial charge in [0.05, 0.1) is 17.4 Å². The molecule has 1 N–H and O–H groups in total. The number of carbonyl (C=O) groups excluding carboxylic acids is 4. The number of hydrogen-bond acceptors (Lipinski definition) is 9. The first kappa shape index (κ1) is 47.2. The first-order valence-corrected chi connectivity index (χ1v) is 20.4. The molecular weight excluding hydrogens is 768 g/mol. The van der Waals surface area contributed by atoms with Gasteiger partial charge in [-0.25, -0.2) is 9.59 Å². The van der Waals surface area contributed by atoms with Crippen LogP contribution in [-0.4, -0.2) is 82.5 Å². The Balaban J connectivity index is 1.61. The van der Waals surface area contributed by atoms with Crippen LogP contribution in [0.25, 0.3) is 0 Å². The van der Waals surface area contributed by atoms with E-state index in [1.807, 2.05) is 6.07 Å². The summed E-state index contributed by atoms with van der Waals surface area (Å²) in [5.41, 5.74) is -2.21. The Morgan fingerprint density at radius 1 is 0.610 bits per heavy atom. The molecule has 0 radical (unpaired) electrons. The van der Waals surface area contributed by atoms with Crippen molar-refractivity contribution >= 4 is 35.5 Å². The summed E-state index contributed by atoms with van der Waals surface area (Å²) in [6.45, 7) is 22.5. The number of nitrogens with one attached hydrogen (secondary N) is 1. The van der Waals surface area contributed by atoms with Gasteiger partial charge in [0.25, 0.3) is 0 Å². The molecule has 0 saturated carbocycles. The van der Waals surface area contributed by atoms with E-state index in [1.54, 1.807) is 112 Å². The van der Waals surface area contributed by atoms with E-state index in [0.29, 0.717) is 38.2 Å². The minimum absolute atomic E-state index is 0.0559. The van der Waals surface area contributed by atoms with Crippen molar-refractivity contribution in [3.05, 3.63) is 59.2 Å². The third kappa shape index (κ3) is 14.9. The third-order valence-corrected chi connectivity index (χ3v) is 9.76. The Bertz CT molecular complexity index is 1820. The van der Waals surface area contributed by atoms with Gasteiger partial charge in [0.2, 0.25) is 0 Å². The maximum absolute atomic E-state index is 14.4. The van der Waals surface area contributed by atoms with Crippen molar-refractivity contribution in [3.63, 3.8) is 0 Å². The summed E-state index contributed by atoms with van der Waals surface area (Å²) < 4.78 is 66.0. The lowest BCUT2D eigenvalue weighted by Crippen LogP contribution is -2.38. The quantitative estimate of drug-likeness (QED) is 0.184. The van der Waals surface area contributed by atoms with Gasteiger partial charge < -0.3 is 34.1 Å². The summed E-state index contributed by atoms with van der Waals surface area (Å²) in [5, 5.41) is 3.13. The van der Waals surface area contributed by atoms with Crippen LogP contribution in [-0.2, 0) is 47.6 Å². The number of anilines is 2. The van der Waals surface area contributed by atoms with Crippen LogP contribution in [0, 0.1) is 23.7 Å². The second kappa shape index (κ2) is 18.0. The Morgan fingerprint density at radius 3 is 1.46 bits per heavy atom. The molecule has 0 unspecified atom stereocenters. The summed E-state index contributed by atoms with van der Waals surface area (Å²) in [6, 6.07) is 10.8. The summed E-state index contributed by atoms with van der Waals surface area (Å²) >= 11 is 0.